The summed E-state index contributed by atoms with van der Waals surface area (Å²) in [6.07, 6.45) is -0.0668. The van der Waals surface area contributed by atoms with E-state index in [1.54, 1.807) is 54.6 Å². The second kappa shape index (κ2) is 9.91. The van der Waals surface area contributed by atoms with Crippen LogP contribution >= 0.6 is 0 Å². The molecule has 1 N–H and O–H groups in total. The molecule has 0 aliphatic rings. The van der Waals surface area contributed by atoms with Gasteiger partial charge in [0, 0.05) is 29.7 Å². The zero-order valence-electron chi connectivity index (χ0n) is 16.9. The molecule has 0 aliphatic heterocycles. The number of ketones is 1. The van der Waals surface area contributed by atoms with Crippen LogP contribution in [0.25, 0.3) is 0 Å². The number of nitrogens with one attached hydrogen (secondary N) is 1. The maximum atomic E-state index is 13.9. The van der Waals surface area contributed by atoms with E-state index < -0.39 is 40.9 Å². The van der Waals surface area contributed by atoms with Gasteiger partial charge in [0.2, 0.25) is 0 Å². The Morgan fingerprint density at radius 2 is 1.44 bits per heavy atom. The molecule has 5 nitrogen and oxygen atoms in total. The number of hydrogen-bond donors (Lipinski definition) is 1. The first-order chi connectivity index (χ1) is 15.3. The number of rotatable bonds is 7. The zero-order chi connectivity index (χ0) is 23.3. The lowest BCUT2D eigenvalue weighted by atomic mass is 9.99. The van der Waals surface area contributed by atoms with Crippen molar-refractivity contribution in [3.63, 3.8) is 0 Å². The number of benzene rings is 3. The van der Waals surface area contributed by atoms with Crippen LogP contribution in [0.1, 0.15) is 31.8 Å². The van der Waals surface area contributed by atoms with Crippen molar-refractivity contribution in [3.05, 3.63) is 106 Å². The Balaban J connectivity index is 1.77. The van der Waals surface area contributed by atoms with Crippen LogP contribution < -0.4 is 5.32 Å². The van der Waals surface area contributed by atoms with Gasteiger partial charge in [0.15, 0.2) is 5.78 Å². The lowest BCUT2D eigenvalue weighted by Crippen LogP contribution is -2.43. The number of esters is 1. The van der Waals surface area contributed by atoms with Crippen LogP contribution in [0.4, 0.5) is 13.2 Å². The van der Waals surface area contributed by atoms with Gasteiger partial charge in [-0.1, -0.05) is 54.6 Å². The van der Waals surface area contributed by atoms with Crippen LogP contribution in [0.3, 0.4) is 0 Å². The van der Waals surface area contributed by atoms with E-state index in [4.69, 9.17) is 0 Å². The molecule has 0 saturated carbocycles. The molecule has 0 unspecified atom stereocenters. The maximum absolute atomic E-state index is 13.9. The van der Waals surface area contributed by atoms with Gasteiger partial charge in [-0.2, -0.15) is 0 Å². The minimum atomic E-state index is -1.40. The van der Waals surface area contributed by atoms with Crippen LogP contribution in [0.2, 0.25) is 0 Å². The van der Waals surface area contributed by atoms with Crippen LogP contribution in [0, 0.1) is 17.5 Å². The lowest BCUT2D eigenvalue weighted by Gasteiger charge is -2.17. The van der Waals surface area contributed by atoms with Gasteiger partial charge in [0.25, 0.3) is 5.91 Å². The van der Waals surface area contributed by atoms with Crippen molar-refractivity contribution in [3.8, 4) is 0 Å². The Kier molecular flexibility index (Phi) is 7.04. The van der Waals surface area contributed by atoms with Crippen LogP contribution in [-0.4, -0.2) is 30.8 Å². The highest BCUT2D eigenvalue weighted by Crippen LogP contribution is 2.16. The number of hydrogen-bond acceptors (Lipinski definition) is 4. The van der Waals surface area contributed by atoms with Crippen molar-refractivity contribution in [1.82, 2.24) is 5.32 Å². The molecule has 0 radical (unpaired) electrons. The standard InChI is InChI=1S/C24H18F3NO4/c1-32-24(31)20(28-23(30)21-18(26)12-17(25)13-19(21)27)11-14-7-9-16(10-8-14)22(29)15-5-3-2-4-6-15/h2-10,12-13,20H,11H2,1H3,(H,28,30)/t20-/m0/s1. The van der Waals surface area contributed by atoms with E-state index in [9.17, 15) is 27.6 Å². The molecule has 32 heavy (non-hydrogen) atoms. The number of carbonyl (C=O) groups excluding carboxylic acids is 3. The quantitative estimate of drug-likeness (QED) is 0.447. The molecule has 0 bridgehead atoms. The van der Waals surface area contributed by atoms with Crippen molar-refractivity contribution >= 4 is 17.7 Å². The molecule has 1 amide bonds. The maximum Gasteiger partial charge on any atom is 0.328 e. The topological polar surface area (TPSA) is 72.5 Å². The van der Waals surface area contributed by atoms with E-state index in [0.717, 1.165) is 7.11 Å². The fourth-order valence-electron chi connectivity index (χ4n) is 3.11. The number of methoxy groups -OCH3 is 1. The van der Waals surface area contributed by atoms with Gasteiger partial charge in [0.05, 0.1) is 7.11 Å². The van der Waals surface area contributed by atoms with Crippen molar-refractivity contribution in [1.29, 1.82) is 0 Å². The Morgan fingerprint density at radius 3 is 2.00 bits per heavy atom. The van der Waals surface area contributed by atoms with Crippen molar-refractivity contribution in [2.75, 3.05) is 7.11 Å². The van der Waals surface area contributed by atoms with Crippen molar-refractivity contribution < 1.29 is 32.3 Å². The summed E-state index contributed by atoms with van der Waals surface area (Å²) in [5, 5.41) is 2.21. The zero-order valence-corrected chi connectivity index (χ0v) is 16.9. The number of halogens is 3. The predicted octanol–water partition coefficient (Wildman–Crippen LogP) is 3.85. The molecule has 1 atom stereocenters. The molecule has 0 aliphatic carbocycles. The Morgan fingerprint density at radius 1 is 0.875 bits per heavy atom. The number of ether oxygens (including phenoxy) is 1. The normalized spacial score (nSPS) is 11.5. The monoisotopic (exact) mass is 441 g/mol. The summed E-state index contributed by atoms with van der Waals surface area (Å²) in [6.45, 7) is 0. The van der Waals surface area contributed by atoms with Crippen LogP contribution in [0.15, 0.2) is 66.7 Å². The molecular formula is C24H18F3NO4. The smallest absolute Gasteiger partial charge is 0.328 e. The predicted molar refractivity (Wildman–Crippen MR) is 110 cm³/mol. The average molecular weight is 441 g/mol. The molecule has 0 heterocycles. The van der Waals surface area contributed by atoms with E-state index in [0.29, 0.717) is 28.8 Å². The molecule has 3 aromatic rings. The highest BCUT2D eigenvalue weighted by molar-refractivity contribution is 6.09. The molecule has 0 saturated heterocycles. The van der Waals surface area contributed by atoms with Crippen molar-refractivity contribution in [2.45, 2.75) is 12.5 Å². The highest BCUT2D eigenvalue weighted by atomic mass is 19.1. The Labute approximate surface area is 181 Å². The first kappa shape index (κ1) is 22.7. The summed E-state index contributed by atoms with van der Waals surface area (Å²) in [5.41, 5.74) is 0.492. The molecule has 0 spiro atoms. The minimum absolute atomic E-state index is 0.0668. The average Bonchev–Trinajstić information content (AvgIpc) is 2.78. The summed E-state index contributed by atoms with van der Waals surface area (Å²) < 4.78 is 45.5. The Bertz CT molecular complexity index is 1120. The second-order valence-corrected chi connectivity index (χ2v) is 6.89. The van der Waals surface area contributed by atoms with E-state index >= 15 is 0 Å². The SMILES string of the molecule is COC(=O)[C@H](Cc1ccc(C(=O)c2ccccc2)cc1)NC(=O)c1c(F)cc(F)cc1F. The summed E-state index contributed by atoms with van der Waals surface area (Å²) in [5.74, 6) is -6.22. The lowest BCUT2D eigenvalue weighted by molar-refractivity contribution is -0.142. The van der Waals surface area contributed by atoms with Crippen molar-refractivity contribution in [2.24, 2.45) is 0 Å². The van der Waals surface area contributed by atoms with E-state index in [-0.39, 0.29) is 12.2 Å². The highest BCUT2D eigenvalue weighted by Gasteiger charge is 2.26. The third-order valence-electron chi connectivity index (χ3n) is 4.72. The van der Waals surface area contributed by atoms with Gasteiger partial charge in [-0.25, -0.2) is 18.0 Å². The van der Waals surface area contributed by atoms with E-state index in [1.165, 1.54) is 0 Å². The summed E-state index contributed by atoms with van der Waals surface area (Å²) in [7, 11) is 1.10. The van der Waals surface area contributed by atoms with Crippen LogP contribution in [-0.2, 0) is 16.0 Å². The Hall–Kier alpha value is -3.94. The minimum Gasteiger partial charge on any atom is -0.467 e. The molecule has 0 fully saturated rings. The van der Waals surface area contributed by atoms with Gasteiger partial charge in [-0.05, 0) is 5.56 Å². The van der Waals surface area contributed by atoms with Gasteiger partial charge in [-0.3, -0.25) is 9.59 Å². The fraction of sp³-hybridized carbons (Fsp3) is 0.125. The third kappa shape index (κ3) is 5.21. The largest absolute Gasteiger partial charge is 0.467 e. The van der Waals surface area contributed by atoms with E-state index in [2.05, 4.69) is 10.1 Å². The van der Waals surface area contributed by atoms with Crippen LogP contribution in [0.5, 0.6) is 0 Å². The van der Waals surface area contributed by atoms with Gasteiger partial charge in [0.1, 0.15) is 29.1 Å². The van der Waals surface area contributed by atoms with Gasteiger partial charge < -0.3 is 10.1 Å². The molecular weight excluding hydrogens is 423 g/mol. The molecule has 164 valence electrons. The van der Waals surface area contributed by atoms with E-state index in [1.807, 2.05) is 0 Å². The number of carbonyl (C=O) groups is 3. The summed E-state index contributed by atoms with van der Waals surface area (Å²) in [6, 6.07) is 14.5. The van der Waals surface area contributed by atoms with Gasteiger partial charge in [-0.15, -0.1) is 0 Å². The van der Waals surface area contributed by atoms with Gasteiger partial charge >= 0.3 is 5.97 Å². The first-order valence-corrected chi connectivity index (χ1v) is 9.52. The molecule has 3 rings (SSSR count). The first-order valence-electron chi connectivity index (χ1n) is 9.52. The summed E-state index contributed by atoms with van der Waals surface area (Å²) >= 11 is 0. The number of amides is 1. The molecule has 3 aromatic carbocycles. The summed E-state index contributed by atoms with van der Waals surface area (Å²) in [4.78, 5) is 37.0. The fourth-order valence-corrected chi connectivity index (χ4v) is 3.11. The second-order valence-electron chi connectivity index (χ2n) is 6.89. The molecule has 0 aromatic heterocycles. The molecule has 8 heteroatoms. The third-order valence-corrected chi connectivity index (χ3v) is 4.72.